The summed E-state index contributed by atoms with van der Waals surface area (Å²) in [4.78, 5) is 28.5. The fourth-order valence-electron chi connectivity index (χ4n) is 3.34. The van der Waals surface area contributed by atoms with Crippen LogP contribution in [0.2, 0.25) is 0 Å². The van der Waals surface area contributed by atoms with Gasteiger partial charge in [-0.25, -0.2) is 4.98 Å². The quantitative estimate of drug-likeness (QED) is 0.893. The highest BCUT2D eigenvalue weighted by Gasteiger charge is 2.28. The average molecular weight is 301 g/mol. The second-order valence-corrected chi connectivity index (χ2v) is 6.36. The van der Waals surface area contributed by atoms with Gasteiger partial charge < -0.3 is 10.6 Å². The van der Waals surface area contributed by atoms with Crippen molar-refractivity contribution in [2.24, 2.45) is 5.92 Å². The molecule has 1 atom stereocenters. The van der Waals surface area contributed by atoms with Gasteiger partial charge in [-0.3, -0.25) is 9.59 Å². The smallest absolute Gasteiger partial charge is 0.222 e. The monoisotopic (exact) mass is 301 g/mol. The zero-order chi connectivity index (χ0) is 15.4. The van der Waals surface area contributed by atoms with E-state index < -0.39 is 6.04 Å². The van der Waals surface area contributed by atoms with E-state index in [1.807, 2.05) is 12.1 Å². The number of ketones is 1. The number of carbonyl (C=O) groups is 2. The molecular weight excluding hydrogens is 278 g/mol. The summed E-state index contributed by atoms with van der Waals surface area (Å²) >= 11 is 0. The number of nitrogens with zero attached hydrogens (tertiary/aromatic N) is 1. The number of pyridine rings is 1. The minimum absolute atomic E-state index is 0.0456. The van der Waals surface area contributed by atoms with Gasteiger partial charge >= 0.3 is 0 Å². The molecule has 0 saturated heterocycles. The Morgan fingerprint density at radius 3 is 2.95 bits per heavy atom. The van der Waals surface area contributed by atoms with E-state index in [0.717, 1.165) is 17.9 Å². The van der Waals surface area contributed by atoms with Gasteiger partial charge in [-0.1, -0.05) is 25.3 Å². The molecule has 0 bridgehead atoms. The molecule has 2 aliphatic rings. The van der Waals surface area contributed by atoms with Gasteiger partial charge in [0.15, 0.2) is 5.78 Å². The third-order valence-corrected chi connectivity index (χ3v) is 4.66. The molecule has 22 heavy (non-hydrogen) atoms. The van der Waals surface area contributed by atoms with Crippen LogP contribution in [0.25, 0.3) is 0 Å². The molecule has 1 fully saturated rings. The molecule has 2 N–H and O–H groups in total. The van der Waals surface area contributed by atoms with Crippen LogP contribution in [0.15, 0.2) is 18.3 Å². The Kier molecular flexibility index (Phi) is 4.71. The van der Waals surface area contributed by atoms with Crippen molar-refractivity contribution in [1.29, 1.82) is 0 Å². The van der Waals surface area contributed by atoms with Gasteiger partial charge in [0.1, 0.15) is 5.82 Å². The minimum Gasteiger partial charge on any atom is -0.359 e. The summed E-state index contributed by atoms with van der Waals surface area (Å²) in [7, 11) is 0. The van der Waals surface area contributed by atoms with Crippen molar-refractivity contribution in [3.05, 3.63) is 23.9 Å². The minimum atomic E-state index is -0.450. The summed E-state index contributed by atoms with van der Waals surface area (Å²) in [5, 5.41) is 6.09. The maximum Gasteiger partial charge on any atom is 0.222 e. The lowest BCUT2D eigenvalue weighted by Crippen LogP contribution is -2.41. The zero-order valence-corrected chi connectivity index (χ0v) is 12.8. The standard InChI is InChI=1S/C17H23N3O2/c21-15-9-13-7-4-8-18-17(13)20-14(15)10-16(22)19-11-12-5-2-1-3-6-12/h4,7-8,12,14H,1-3,5-6,9-11H2,(H,18,20)(H,19,22). The van der Waals surface area contributed by atoms with E-state index in [9.17, 15) is 9.59 Å². The summed E-state index contributed by atoms with van der Waals surface area (Å²) in [6.07, 6.45) is 8.52. The summed E-state index contributed by atoms with van der Waals surface area (Å²) in [6.45, 7) is 0.745. The van der Waals surface area contributed by atoms with Crippen LogP contribution in [0.5, 0.6) is 0 Å². The van der Waals surface area contributed by atoms with Crippen LogP contribution < -0.4 is 10.6 Å². The van der Waals surface area contributed by atoms with Crippen molar-refractivity contribution >= 4 is 17.5 Å². The van der Waals surface area contributed by atoms with Crippen LogP contribution in [-0.2, 0) is 16.0 Å². The molecule has 2 heterocycles. The Labute approximate surface area is 130 Å². The first-order chi connectivity index (χ1) is 10.7. The first-order valence-corrected chi connectivity index (χ1v) is 8.22. The molecule has 0 radical (unpaired) electrons. The third-order valence-electron chi connectivity index (χ3n) is 4.66. The summed E-state index contributed by atoms with van der Waals surface area (Å²) in [5.41, 5.74) is 0.909. The number of hydrogen-bond donors (Lipinski definition) is 2. The van der Waals surface area contributed by atoms with Crippen molar-refractivity contribution in [1.82, 2.24) is 10.3 Å². The van der Waals surface area contributed by atoms with Gasteiger partial charge in [-0.15, -0.1) is 0 Å². The molecule has 5 nitrogen and oxygen atoms in total. The van der Waals surface area contributed by atoms with Gasteiger partial charge in [-0.2, -0.15) is 0 Å². The molecule has 1 aromatic rings. The first-order valence-electron chi connectivity index (χ1n) is 8.22. The lowest BCUT2D eigenvalue weighted by molar-refractivity contribution is -0.126. The Morgan fingerprint density at radius 1 is 1.32 bits per heavy atom. The van der Waals surface area contributed by atoms with E-state index >= 15 is 0 Å². The molecule has 1 amide bonds. The molecule has 1 aliphatic carbocycles. The molecule has 1 aromatic heterocycles. The van der Waals surface area contributed by atoms with E-state index in [2.05, 4.69) is 15.6 Å². The Morgan fingerprint density at radius 2 is 2.14 bits per heavy atom. The Hall–Kier alpha value is -1.91. The number of nitrogens with one attached hydrogen (secondary N) is 2. The highest BCUT2D eigenvalue weighted by atomic mass is 16.2. The van der Waals surface area contributed by atoms with Crippen molar-refractivity contribution in [3.63, 3.8) is 0 Å². The highest BCUT2D eigenvalue weighted by molar-refractivity contribution is 5.95. The van der Waals surface area contributed by atoms with Gasteiger partial charge in [0.2, 0.25) is 5.91 Å². The molecule has 5 heteroatoms. The van der Waals surface area contributed by atoms with Crippen LogP contribution in [-0.4, -0.2) is 29.3 Å². The maximum absolute atomic E-state index is 12.1. The highest BCUT2D eigenvalue weighted by Crippen LogP contribution is 2.23. The van der Waals surface area contributed by atoms with E-state index in [1.54, 1.807) is 6.20 Å². The molecular formula is C17H23N3O2. The first kappa shape index (κ1) is 15.0. The van der Waals surface area contributed by atoms with Gasteiger partial charge in [0.05, 0.1) is 12.5 Å². The number of amides is 1. The normalized spacial score (nSPS) is 21.8. The molecule has 1 saturated carbocycles. The predicted molar refractivity (Wildman–Crippen MR) is 84.6 cm³/mol. The SMILES string of the molecule is O=C(CC1Nc2ncccc2CC1=O)NCC1CCCCC1. The number of hydrogen-bond acceptors (Lipinski definition) is 4. The molecule has 0 aromatic carbocycles. The van der Waals surface area contributed by atoms with Gasteiger partial charge in [0, 0.05) is 24.7 Å². The van der Waals surface area contributed by atoms with Gasteiger partial charge in [0.25, 0.3) is 0 Å². The van der Waals surface area contributed by atoms with Crippen molar-refractivity contribution < 1.29 is 9.59 Å². The zero-order valence-electron chi connectivity index (χ0n) is 12.8. The van der Waals surface area contributed by atoms with Gasteiger partial charge in [-0.05, 0) is 24.8 Å². The Bertz CT molecular complexity index is 553. The van der Waals surface area contributed by atoms with E-state index in [0.29, 0.717) is 12.3 Å². The van der Waals surface area contributed by atoms with Crippen LogP contribution in [0.4, 0.5) is 5.82 Å². The largest absolute Gasteiger partial charge is 0.359 e. The number of carbonyl (C=O) groups excluding carboxylic acids is 2. The lowest BCUT2D eigenvalue weighted by atomic mass is 9.89. The lowest BCUT2D eigenvalue weighted by Gasteiger charge is -2.25. The number of Topliss-reactive ketones (excluding diaryl/α,β-unsaturated/α-hetero) is 1. The van der Waals surface area contributed by atoms with Crippen LogP contribution in [0.1, 0.15) is 44.1 Å². The number of rotatable bonds is 4. The molecule has 118 valence electrons. The molecule has 3 rings (SSSR count). The number of aromatic nitrogens is 1. The number of anilines is 1. The maximum atomic E-state index is 12.1. The second-order valence-electron chi connectivity index (χ2n) is 6.36. The number of fused-ring (bicyclic) bond motifs is 1. The molecule has 0 spiro atoms. The van der Waals surface area contributed by atoms with E-state index in [4.69, 9.17) is 0 Å². The van der Waals surface area contributed by atoms with Crippen LogP contribution in [0.3, 0.4) is 0 Å². The fraction of sp³-hybridized carbons (Fsp3) is 0.588. The molecule has 1 aliphatic heterocycles. The Balaban J connectivity index is 1.50. The van der Waals surface area contributed by atoms with Crippen LogP contribution in [0, 0.1) is 5.92 Å². The van der Waals surface area contributed by atoms with E-state index in [-0.39, 0.29) is 18.1 Å². The topological polar surface area (TPSA) is 71.1 Å². The van der Waals surface area contributed by atoms with Crippen molar-refractivity contribution in [3.8, 4) is 0 Å². The average Bonchev–Trinajstić information content (AvgIpc) is 2.55. The van der Waals surface area contributed by atoms with E-state index in [1.165, 1.54) is 32.1 Å². The summed E-state index contributed by atoms with van der Waals surface area (Å²) in [5.74, 6) is 1.35. The second kappa shape index (κ2) is 6.90. The summed E-state index contributed by atoms with van der Waals surface area (Å²) < 4.78 is 0. The predicted octanol–water partition coefficient (Wildman–Crippen LogP) is 2.07. The fourth-order valence-corrected chi connectivity index (χ4v) is 3.34. The van der Waals surface area contributed by atoms with Crippen molar-refractivity contribution in [2.45, 2.75) is 51.0 Å². The third kappa shape index (κ3) is 3.64. The van der Waals surface area contributed by atoms with Crippen molar-refractivity contribution in [2.75, 3.05) is 11.9 Å². The molecule has 1 unspecified atom stereocenters. The van der Waals surface area contributed by atoms with Crippen LogP contribution >= 0.6 is 0 Å². The summed E-state index contributed by atoms with van der Waals surface area (Å²) in [6, 6.07) is 3.27.